The largest absolute Gasteiger partial charge is 0.493 e. The van der Waals surface area contributed by atoms with E-state index in [0.717, 1.165) is 61.5 Å². The summed E-state index contributed by atoms with van der Waals surface area (Å²) in [5.74, 6) is 2.88. The molecule has 2 aliphatic rings. The van der Waals surface area contributed by atoms with Crippen LogP contribution in [0.2, 0.25) is 0 Å². The first-order chi connectivity index (χ1) is 15.6. The van der Waals surface area contributed by atoms with Gasteiger partial charge in [-0.3, -0.25) is 0 Å². The van der Waals surface area contributed by atoms with Gasteiger partial charge in [0.2, 0.25) is 5.95 Å². The molecule has 0 unspecified atom stereocenters. The normalized spacial score (nSPS) is 17.8. The van der Waals surface area contributed by atoms with E-state index >= 15 is 0 Å². The molecule has 0 amide bonds. The molecule has 8 heteroatoms. The number of hydrogen-bond donors (Lipinski definition) is 2. The predicted octanol–water partition coefficient (Wildman–Crippen LogP) is 3.91. The number of fused-ring (bicyclic) bond motifs is 1. The van der Waals surface area contributed by atoms with Crippen molar-refractivity contribution in [1.29, 1.82) is 0 Å². The fourth-order valence-electron chi connectivity index (χ4n) is 4.35. The molecular weight excluding hydrogens is 406 g/mol. The van der Waals surface area contributed by atoms with E-state index in [2.05, 4.69) is 29.4 Å². The highest BCUT2D eigenvalue weighted by atomic mass is 16.5. The Balaban J connectivity index is 1.55. The molecule has 1 aromatic heterocycles. The maximum atomic E-state index is 6.14. The Kier molecular flexibility index (Phi) is 7.86. The van der Waals surface area contributed by atoms with Gasteiger partial charge in [0.05, 0.1) is 19.2 Å². The van der Waals surface area contributed by atoms with Crippen LogP contribution in [0, 0.1) is 0 Å². The Morgan fingerprint density at radius 1 is 1.12 bits per heavy atom. The minimum absolute atomic E-state index is 0.239. The molecule has 0 saturated carbocycles. The van der Waals surface area contributed by atoms with Crippen molar-refractivity contribution in [3.8, 4) is 11.5 Å². The maximum Gasteiger partial charge on any atom is 0.225 e. The Morgan fingerprint density at radius 2 is 1.91 bits per heavy atom. The molecule has 2 N–H and O–H groups in total. The van der Waals surface area contributed by atoms with Crippen molar-refractivity contribution in [3.63, 3.8) is 0 Å². The van der Waals surface area contributed by atoms with Crippen molar-refractivity contribution >= 4 is 22.7 Å². The van der Waals surface area contributed by atoms with Crippen LogP contribution in [0.5, 0.6) is 11.5 Å². The molecule has 2 fully saturated rings. The fourth-order valence-corrected chi connectivity index (χ4v) is 4.35. The third-order valence-corrected chi connectivity index (χ3v) is 6.04. The molecule has 32 heavy (non-hydrogen) atoms. The number of anilines is 2. The van der Waals surface area contributed by atoms with Gasteiger partial charge >= 0.3 is 0 Å². The highest BCUT2D eigenvalue weighted by molar-refractivity contribution is 5.92. The van der Waals surface area contributed by atoms with Crippen LogP contribution in [0.15, 0.2) is 12.1 Å². The number of nitrogens with zero attached hydrogens (tertiary/aromatic N) is 3. The van der Waals surface area contributed by atoms with Crippen LogP contribution in [0.25, 0.3) is 10.9 Å². The molecule has 2 aromatic rings. The van der Waals surface area contributed by atoms with Crippen LogP contribution in [-0.4, -0.2) is 73.5 Å². The first kappa shape index (κ1) is 22.9. The van der Waals surface area contributed by atoms with E-state index in [1.165, 1.54) is 25.9 Å². The summed E-state index contributed by atoms with van der Waals surface area (Å²) in [6.07, 6.45) is 5.56. The van der Waals surface area contributed by atoms with Gasteiger partial charge in [-0.1, -0.05) is 0 Å². The number of aromatic nitrogens is 2. The number of nitrogens with one attached hydrogen (secondary N) is 2. The molecule has 0 radical (unpaired) electrons. The number of methoxy groups -OCH3 is 1. The number of ether oxygens (including phenoxy) is 3. The van der Waals surface area contributed by atoms with Gasteiger partial charge in [-0.15, -0.1) is 0 Å². The lowest BCUT2D eigenvalue weighted by Crippen LogP contribution is -2.28. The zero-order chi connectivity index (χ0) is 22.3. The second-order valence-electron chi connectivity index (χ2n) is 9.00. The van der Waals surface area contributed by atoms with Gasteiger partial charge in [0.15, 0.2) is 11.5 Å². The van der Waals surface area contributed by atoms with Crippen LogP contribution < -0.4 is 20.1 Å². The molecular formula is C24H37N5O3. The molecule has 0 spiro atoms. The minimum atomic E-state index is 0.239. The van der Waals surface area contributed by atoms with Gasteiger partial charge in [-0.25, -0.2) is 4.98 Å². The predicted molar refractivity (Wildman–Crippen MR) is 128 cm³/mol. The summed E-state index contributed by atoms with van der Waals surface area (Å²) in [4.78, 5) is 12.1. The SMILES string of the molecule is COc1cc2c(NC3CCOCC3)nc(NC(C)C)nc2cc1OCCCN1CCCC1. The van der Waals surface area contributed by atoms with Crippen LogP contribution in [-0.2, 0) is 4.74 Å². The third-order valence-electron chi connectivity index (χ3n) is 6.04. The van der Waals surface area contributed by atoms with Gasteiger partial charge in [-0.05, 0) is 65.1 Å². The summed E-state index contributed by atoms with van der Waals surface area (Å²) in [5, 5.41) is 7.90. The zero-order valence-electron chi connectivity index (χ0n) is 19.7. The topological polar surface area (TPSA) is 80.8 Å². The summed E-state index contributed by atoms with van der Waals surface area (Å²) in [7, 11) is 1.68. The molecule has 8 nitrogen and oxygen atoms in total. The molecule has 0 bridgehead atoms. The van der Waals surface area contributed by atoms with Crippen LogP contribution >= 0.6 is 0 Å². The second kappa shape index (κ2) is 11.0. The molecule has 3 heterocycles. The van der Waals surface area contributed by atoms with E-state index in [0.29, 0.717) is 24.3 Å². The van der Waals surface area contributed by atoms with Crippen LogP contribution in [0.4, 0.5) is 11.8 Å². The number of likely N-dealkylation sites (tertiary alicyclic amines) is 1. The van der Waals surface area contributed by atoms with E-state index < -0.39 is 0 Å². The average molecular weight is 444 g/mol. The molecule has 2 aliphatic heterocycles. The van der Waals surface area contributed by atoms with Gasteiger partial charge in [0.1, 0.15) is 5.82 Å². The summed E-state index contributed by atoms with van der Waals surface area (Å²) in [6, 6.07) is 4.54. The Hall–Kier alpha value is -2.32. The highest BCUT2D eigenvalue weighted by Crippen LogP contribution is 2.35. The number of hydrogen-bond acceptors (Lipinski definition) is 8. The van der Waals surface area contributed by atoms with Gasteiger partial charge in [-0.2, -0.15) is 4.98 Å². The summed E-state index contributed by atoms with van der Waals surface area (Å²) in [5.41, 5.74) is 0.841. The van der Waals surface area contributed by atoms with Crippen LogP contribution in [0.1, 0.15) is 46.0 Å². The number of rotatable bonds is 10. The smallest absolute Gasteiger partial charge is 0.225 e. The Bertz CT molecular complexity index is 880. The maximum absolute atomic E-state index is 6.14. The summed E-state index contributed by atoms with van der Waals surface area (Å²) < 4.78 is 17.3. The lowest BCUT2D eigenvalue weighted by molar-refractivity contribution is 0.0904. The minimum Gasteiger partial charge on any atom is -0.493 e. The van der Waals surface area contributed by atoms with E-state index in [1.807, 2.05) is 12.1 Å². The summed E-state index contributed by atoms with van der Waals surface area (Å²) in [6.45, 7) is 9.89. The van der Waals surface area contributed by atoms with E-state index in [4.69, 9.17) is 24.2 Å². The van der Waals surface area contributed by atoms with Crippen molar-refractivity contribution in [2.24, 2.45) is 0 Å². The molecule has 2 saturated heterocycles. The van der Waals surface area contributed by atoms with E-state index in [-0.39, 0.29) is 6.04 Å². The lowest BCUT2D eigenvalue weighted by Gasteiger charge is -2.25. The van der Waals surface area contributed by atoms with Crippen molar-refractivity contribution in [1.82, 2.24) is 14.9 Å². The van der Waals surface area contributed by atoms with Gasteiger partial charge in [0.25, 0.3) is 0 Å². The Labute approximate surface area is 191 Å². The van der Waals surface area contributed by atoms with Gasteiger partial charge < -0.3 is 29.7 Å². The quantitative estimate of drug-likeness (QED) is 0.535. The van der Waals surface area contributed by atoms with Crippen molar-refractivity contribution in [3.05, 3.63) is 12.1 Å². The van der Waals surface area contributed by atoms with Gasteiger partial charge in [0, 0.05) is 43.3 Å². The van der Waals surface area contributed by atoms with Crippen molar-refractivity contribution < 1.29 is 14.2 Å². The number of benzene rings is 1. The molecule has 176 valence electrons. The molecule has 4 rings (SSSR count). The fraction of sp³-hybridized carbons (Fsp3) is 0.667. The average Bonchev–Trinajstić information content (AvgIpc) is 3.30. The highest BCUT2D eigenvalue weighted by Gasteiger charge is 2.19. The lowest BCUT2D eigenvalue weighted by atomic mass is 10.1. The zero-order valence-corrected chi connectivity index (χ0v) is 19.7. The molecule has 0 atom stereocenters. The second-order valence-corrected chi connectivity index (χ2v) is 9.00. The third kappa shape index (κ3) is 5.92. The Morgan fingerprint density at radius 3 is 2.62 bits per heavy atom. The molecule has 0 aliphatic carbocycles. The molecule has 1 aromatic carbocycles. The standard InChI is InChI=1S/C24H37N5O3/c1-17(2)25-24-27-20-16-22(32-12-6-11-29-9-4-5-10-29)21(30-3)15-19(20)23(28-24)26-18-7-13-31-14-8-18/h15-18H,4-14H2,1-3H3,(H2,25,26,27,28). The first-order valence-corrected chi connectivity index (χ1v) is 12.0. The first-order valence-electron chi connectivity index (χ1n) is 12.0. The van der Waals surface area contributed by atoms with Crippen LogP contribution in [0.3, 0.4) is 0 Å². The monoisotopic (exact) mass is 443 g/mol. The van der Waals surface area contributed by atoms with E-state index in [1.54, 1.807) is 7.11 Å². The van der Waals surface area contributed by atoms with Crippen molar-refractivity contribution in [2.45, 2.75) is 58.0 Å². The van der Waals surface area contributed by atoms with E-state index in [9.17, 15) is 0 Å². The van der Waals surface area contributed by atoms with Crippen molar-refractivity contribution in [2.75, 3.05) is 57.2 Å². The summed E-state index contributed by atoms with van der Waals surface area (Å²) >= 11 is 0.